The fourth-order valence-corrected chi connectivity index (χ4v) is 2.83. The van der Waals surface area contributed by atoms with Crippen molar-refractivity contribution >= 4 is 33.4 Å². The van der Waals surface area contributed by atoms with E-state index in [0.717, 1.165) is 18.2 Å². The molecule has 0 radical (unpaired) electrons. The second-order valence-corrected chi connectivity index (χ2v) is 5.73. The highest BCUT2D eigenvalue weighted by Gasteiger charge is 2.24. The van der Waals surface area contributed by atoms with E-state index in [1.54, 1.807) is 25.3 Å². The number of carbonyl (C=O) groups is 1. The van der Waals surface area contributed by atoms with Gasteiger partial charge in [-0.1, -0.05) is 41.4 Å². The van der Waals surface area contributed by atoms with Crippen LogP contribution >= 0.6 is 27.5 Å². The Morgan fingerprint density at radius 3 is 2.55 bits per heavy atom. The van der Waals surface area contributed by atoms with E-state index in [-0.39, 0.29) is 11.9 Å². The van der Waals surface area contributed by atoms with Crippen molar-refractivity contribution < 1.29 is 9.53 Å². The second-order valence-electron chi connectivity index (χ2n) is 4.50. The SMILES string of the molecule is CCC(CC)N(CCBr)C(=O)c1cc(Cl)ccc1OC. The summed E-state index contributed by atoms with van der Waals surface area (Å²) in [6.07, 6.45) is 1.86. The van der Waals surface area contributed by atoms with E-state index >= 15 is 0 Å². The lowest BCUT2D eigenvalue weighted by Crippen LogP contribution is -2.41. The highest BCUT2D eigenvalue weighted by Crippen LogP contribution is 2.25. The van der Waals surface area contributed by atoms with Gasteiger partial charge in [0.05, 0.1) is 12.7 Å². The Hall–Kier alpha value is -0.740. The van der Waals surface area contributed by atoms with Gasteiger partial charge in [0.15, 0.2) is 0 Å². The molecule has 0 atom stereocenters. The zero-order valence-corrected chi connectivity index (χ0v) is 14.5. The Balaban J connectivity index is 3.14. The largest absolute Gasteiger partial charge is 0.496 e. The first kappa shape index (κ1) is 17.3. The van der Waals surface area contributed by atoms with E-state index in [9.17, 15) is 4.79 Å². The topological polar surface area (TPSA) is 29.5 Å². The van der Waals surface area contributed by atoms with Crippen LogP contribution in [0, 0.1) is 0 Å². The van der Waals surface area contributed by atoms with E-state index in [4.69, 9.17) is 16.3 Å². The molecule has 0 saturated carbocycles. The maximum Gasteiger partial charge on any atom is 0.257 e. The minimum Gasteiger partial charge on any atom is -0.496 e. The van der Waals surface area contributed by atoms with Crippen LogP contribution in [0.3, 0.4) is 0 Å². The van der Waals surface area contributed by atoms with Gasteiger partial charge >= 0.3 is 0 Å². The number of ether oxygens (including phenoxy) is 1. The molecule has 20 heavy (non-hydrogen) atoms. The van der Waals surface area contributed by atoms with Gasteiger partial charge in [-0.25, -0.2) is 0 Å². The van der Waals surface area contributed by atoms with Crippen LogP contribution in [-0.2, 0) is 0 Å². The Labute approximate surface area is 134 Å². The van der Waals surface area contributed by atoms with Crippen molar-refractivity contribution in [2.45, 2.75) is 32.7 Å². The van der Waals surface area contributed by atoms with E-state index in [2.05, 4.69) is 29.8 Å². The summed E-state index contributed by atoms with van der Waals surface area (Å²) in [5, 5.41) is 1.29. The van der Waals surface area contributed by atoms with Gasteiger partial charge in [-0.05, 0) is 31.0 Å². The van der Waals surface area contributed by atoms with Crippen LogP contribution in [0.25, 0.3) is 0 Å². The highest BCUT2D eigenvalue weighted by molar-refractivity contribution is 9.09. The molecule has 0 aliphatic heterocycles. The Bertz CT molecular complexity index is 449. The fraction of sp³-hybridized carbons (Fsp3) is 0.533. The van der Waals surface area contributed by atoms with Crippen molar-refractivity contribution in [1.29, 1.82) is 0 Å². The molecule has 0 N–H and O–H groups in total. The van der Waals surface area contributed by atoms with Gasteiger partial charge in [0.2, 0.25) is 0 Å². The van der Waals surface area contributed by atoms with Crippen LogP contribution < -0.4 is 4.74 Å². The molecule has 5 heteroatoms. The molecule has 1 aromatic carbocycles. The van der Waals surface area contributed by atoms with Crippen LogP contribution in [0.4, 0.5) is 0 Å². The quantitative estimate of drug-likeness (QED) is 0.674. The molecule has 0 aromatic heterocycles. The maximum atomic E-state index is 12.8. The number of hydrogen-bond donors (Lipinski definition) is 0. The molecule has 1 aromatic rings. The second kappa shape index (κ2) is 8.53. The Morgan fingerprint density at radius 2 is 2.05 bits per heavy atom. The van der Waals surface area contributed by atoms with Crippen LogP contribution in [0.2, 0.25) is 5.02 Å². The monoisotopic (exact) mass is 361 g/mol. The predicted molar refractivity (Wildman–Crippen MR) is 87.2 cm³/mol. The van der Waals surface area contributed by atoms with Gasteiger partial charge in [-0.2, -0.15) is 0 Å². The van der Waals surface area contributed by atoms with Crippen molar-refractivity contribution in [3.05, 3.63) is 28.8 Å². The van der Waals surface area contributed by atoms with E-state index < -0.39 is 0 Å². The summed E-state index contributed by atoms with van der Waals surface area (Å²) in [5.74, 6) is 0.530. The maximum absolute atomic E-state index is 12.8. The van der Waals surface area contributed by atoms with Gasteiger partial charge in [0.25, 0.3) is 5.91 Å². The lowest BCUT2D eigenvalue weighted by atomic mass is 10.1. The van der Waals surface area contributed by atoms with Crippen molar-refractivity contribution in [1.82, 2.24) is 4.90 Å². The van der Waals surface area contributed by atoms with E-state index in [0.29, 0.717) is 22.9 Å². The molecule has 0 saturated heterocycles. The third-order valence-corrected chi connectivity index (χ3v) is 3.95. The van der Waals surface area contributed by atoms with Crippen LogP contribution in [0.15, 0.2) is 18.2 Å². The van der Waals surface area contributed by atoms with Crippen LogP contribution in [0.5, 0.6) is 5.75 Å². The summed E-state index contributed by atoms with van der Waals surface area (Å²) in [6, 6.07) is 5.35. The lowest BCUT2D eigenvalue weighted by Gasteiger charge is -2.30. The zero-order valence-electron chi connectivity index (χ0n) is 12.2. The van der Waals surface area contributed by atoms with Crippen LogP contribution in [0.1, 0.15) is 37.0 Å². The minimum atomic E-state index is -0.0301. The molecule has 1 rings (SSSR count). The first-order chi connectivity index (χ1) is 9.58. The number of methoxy groups -OCH3 is 1. The molecule has 0 spiro atoms. The summed E-state index contributed by atoms with van der Waals surface area (Å²) < 4.78 is 5.28. The number of nitrogens with zero attached hydrogens (tertiary/aromatic N) is 1. The van der Waals surface area contributed by atoms with Crippen molar-refractivity contribution in [3.8, 4) is 5.75 Å². The van der Waals surface area contributed by atoms with Gasteiger partial charge < -0.3 is 9.64 Å². The summed E-state index contributed by atoms with van der Waals surface area (Å²) in [7, 11) is 1.56. The molecular formula is C15H21BrClNO2. The molecule has 0 bridgehead atoms. The van der Waals surface area contributed by atoms with Gasteiger partial charge in [-0.3, -0.25) is 4.79 Å². The Kier molecular flexibility index (Phi) is 7.38. The summed E-state index contributed by atoms with van der Waals surface area (Å²) >= 11 is 9.43. The van der Waals surface area contributed by atoms with Crippen molar-refractivity contribution in [2.24, 2.45) is 0 Å². The zero-order chi connectivity index (χ0) is 15.1. The fourth-order valence-electron chi connectivity index (χ4n) is 2.27. The third kappa shape index (κ3) is 4.13. The summed E-state index contributed by atoms with van der Waals surface area (Å²) in [5.41, 5.74) is 0.521. The van der Waals surface area contributed by atoms with E-state index in [1.807, 2.05) is 4.90 Å². The van der Waals surface area contributed by atoms with Crippen molar-refractivity contribution in [2.75, 3.05) is 19.0 Å². The number of carbonyl (C=O) groups excluding carboxylic acids is 1. The molecular weight excluding hydrogens is 342 g/mol. The molecule has 1 amide bonds. The number of benzene rings is 1. The normalized spacial score (nSPS) is 10.7. The molecule has 112 valence electrons. The standard InChI is InChI=1S/C15H21BrClNO2/c1-4-12(5-2)18(9-8-16)15(19)13-10-11(17)6-7-14(13)20-3/h6-7,10,12H,4-5,8-9H2,1-3H3. The number of rotatable bonds is 7. The summed E-state index contributed by atoms with van der Waals surface area (Å²) in [6.45, 7) is 4.86. The molecule has 3 nitrogen and oxygen atoms in total. The van der Waals surface area contributed by atoms with Gasteiger partial charge in [0.1, 0.15) is 5.75 Å². The minimum absolute atomic E-state index is 0.0301. The van der Waals surface area contributed by atoms with E-state index in [1.165, 1.54) is 0 Å². The van der Waals surface area contributed by atoms with Crippen LogP contribution in [-0.4, -0.2) is 35.8 Å². The average Bonchev–Trinajstić information content (AvgIpc) is 2.46. The number of amides is 1. The smallest absolute Gasteiger partial charge is 0.257 e. The first-order valence-corrected chi connectivity index (χ1v) is 8.29. The Morgan fingerprint density at radius 1 is 1.40 bits per heavy atom. The third-order valence-electron chi connectivity index (χ3n) is 3.36. The van der Waals surface area contributed by atoms with Gasteiger partial charge in [-0.15, -0.1) is 0 Å². The predicted octanol–water partition coefficient (Wildman–Crippen LogP) is 4.37. The molecule has 0 heterocycles. The molecule has 0 aliphatic rings. The molecule has 0 aliphatic carbocycles. The highest BCUT2D eigenvalue weighted by atomic mass is 79.9. The average molecular weight is 363 g/mol. The number of alkyl halides is 1. The number of hydrogen-bond acceptors (Lipinski definition) is 2. The summed E-state index contributed by atoms with van der Waals surface area (Å²) in [4.78, 5) is 14.7. The lowest BCUT2D eigenvalue weighted by molar-refractivity contribution is 0.0679. The number of halogens is 2. The first-order valence-electron chi connectivity index (χ1n) is 6.79. The molecule has 0 unspecified atom stereocenters. The molecule has 0 fully saturated rings. The van der Waals surface area contributed by atoms with Crippen molar-refractivity contribution in [3.63, 3.8) is 0 Å². The van der Waals surface area contributed by atoms with Gasteiger partial charge in [0, 0.05) is 22.9 Å².